The zero-order chi connectivity index (χ0) is 15.7. The molecule has 9 heteroatoms. The Kier molecular flexibility index (Phi) is 4.46. The minimum absolute atomic E-state index is 0.110. The first-order valence-electron chi connectivity index (χ1n) is 6.60. The van der Waals surface area contributed by atoms with Crippen LogP contribution in [0.3, 0.4) is 0 Å². The smallest absolute Gasteiger partial charge is 0.323 e. The van der Waals surface area contributed by atoms with Crippen LogP contribution in [0.25, 0.3) is 0 Å². The Bertz CT molecular complexity index is 749. The molecule has 2 aromatic rings. The first kappa shape index (κ1) is 15.5. The number of H-pyrrole nitrogens is 1. The van der Waals surface area contributed by atoms with Gasteiger partial charge >= 0.3 is 5.69 Å². The molecule has 1 aromatic carbocycles. The summed E-state index contributed by atoms with van der Waals surface area (Å²) in [5.74, 6) is -0.156. The number of nitrogens with one attached hydrogen (secondary N) is 2. The lowest BCUT2D eigenvalue weighted by atomic mass is 10.3. The van der Waals surface area contributed by atoms with E-state index in [1.165, 1.54) is 11.8 Å². The number of aromatic amines is 1. The van der Waals surface area contributed by atoms with Crippen molar-refractivity contribution in [3.05, 3.63) is 38.7 Å². The lowest BCUT2D eigenvalue weighted by Gasteiger charge is -2.09. The van der Waals surface area contributed by atoms with Gasteiger partial charge in [0.05, 0.1) is 21.5 Å². The summed E-state index contributed by atoms with van der Waals surface area (Å²) in [7, 11) is 0. The summed E-state index contributed by atoms with van der Waals surface area (Å²) in [5.41, 5.74) is 0.151. The van der Waals surface area contributed by atoms with Crippen LogP contribution >= 0.6 is 35.0 Å². The average molecular weight is 359 g/mol. The van der Waals surface area contributed by atoms with E-state index in [-0.39, 0.29) is 23.4 Å². The number of anilines is 1. The van der Waals surface area contributed by atoms with Crippen molar-refractivity contribution in [1.29, 1.82) is 0 Å². The van der Waals surface area contributed by atoms with Gasteiger partial charge in [0.2, 0.25) is 5.91 Å². The maximum absolute atomic E-state index is 12.0. The van der Waals surface area contributed by atoms with Gasteiger partial charge in [0.15, 0.2) is 5.16 Å². The molecule has 3 rings (SSSR count). The number of hydrogen-bond acceptors (Lipinski definition) is 4. The minimum Gasteiger partial charge on any atom is -0.323 e. The standard InChI is InChI=1S/C13H12Cl2N4O2S/c14-8-2-1-3-9(15)11(8)16-10(20)6-22-13-18-17-12(21)19(13)7-4-5-7/h1-3,7H,4-6H2,(H,16,20)(H,17,21). The molecular weight excluding hydrogens is 347 g/mol. The van der Waals surface area contributed by atoms with Crippen LogP contribution in [0.1, 0.15) is 18.9 Å². The number of amides is 1. The second kappa shape index (κ2) is 6.36. The van der Waals surface area contributed by atoms with Crippen molar-refractivity contribution in [1.82, 2.24) is 14.8 Å². The Hall–Kier alpha value is -1.44. The van der Waals surface area contributed by atoms with E-state index >= 15 is 0 Å². The Morgan fingerprint density at radius 3 is 2.73 bits per heavy atom. The number of aromatic nitrogens is 3. The van der Waals surface area contributed by atoms with E-state index < -0.39 is 0 Å². The molecule has 0 aliphatic heterocycles. The van der Waals surface area contributed by atoms with Gasteiger partial charge in [-0.1, -0.05) is 41.0 Å². The number of rotatable bonds is 5. The Morgan fingerprint density at radius 2 is 2.09 bits per heavy atom. The van der Waals surface area contributed by atoms with Crippen LogP contribution in [0.15, 0.2) is 28.2 Å². The molecule has 1 aliphatic rings. The number of para-hydroxylation sites is 1. The summed E-state index contributed by atoms with van der Waals surface area (Å²) in [4.78, 5) is 23.7. The van der Waals surface area contributed by atoms with Crippen molar-refractivity contribution in [2.24, 2.45) is 0 Å². The molecule has 6 nitrogen and oxygen atoms in total. The van der Waals surface area contributed by atoms with Crippen molar-refractivity contribution in [3.63, 3.8) is 0 Å². The Labute approximate surface area is 140 Å². The largest absolute Gasteiger partial charge is 0.344 e. The molecule has 0 atom stereocenters. The molecular formula is C13H12Cl2N4O2S. The monoisotopic (exact) mass is 358 g/mol. The van der Waals surface area contributed by atoms with E-state index in [1.54, 1.807) is 22.8 Å². The number of hydrogen-bond donors (Lipinski definition) is 2. The number of carbonyl (C=O) groups is 1. The summed E-state index contributed by atoms with van der Waals surface area (Å²) < 4.78 is 1.60. The second-order valence-corrected chi connectivity index (χ2v) is 6.60. The molecule has 116 valence electrons. The van der Waals surface area contributed by atoms with Crippen LogP contribution in [0, 0.1) is 0 Å². The predicted octanol–water partition coefficient (Wildman–Crippen LogP) is 2.94. The fourth-order valence-electron chi connectivity index (χ4n) is 1.97. The molecule has 1 aliphatic carbocycles. The summed E-state index contributed by atoms with van der Waals surface area (Å²) in [6.45, 7) is 0. The lowest BCUT2D eigenvalue weighted by Crippen LogP contribution is -2.18. The third kappa shape index (κ3) is 3.31. The number of halogens is 2. The van der Waals surface area contributed by atoms with E-state index in [0.717, 1.165) is 12.8 Å². The normalized spacial score (nSPS) is 14.1. The Morgan fingerprint density at radius 1 is 1.41 bits per heavy atom. The predicted molar refractivity (Wildman–Crippen MR) is 86.9 cm³/mol. The number of nitrogens with zero attached hydrogens (tertiary/aromatic N) is 2. The van der Waals surface area contributed by atoms with Gasteiger partial charge < -0.3 is 5.32 Å². The highest BCUT2D eigenvalue weighted by Gasteiger charge is 2.28. The van der Waals surface area contributed by atoms with Crippen molar-refractivity contribution >= 4 is 46.6 Å². The van der Waals surface area contributed by atoms with Crippen LogP contribution in [0.5, 0.6) is 0 Å². The highest BCUT2D eigenvalue weighted by atomic mass is 35.5. The highest BCUT2D eigenvalue weighted by Crippen LogP contribution is 2.36. The summed E-state index contributed by atoms with van der Waals surface area (Å²) in [6.07, 6.45) is 1.93. The van der Waals surface area contributed by atoms with Crippen LogP contribution < -0.4 is 11.0 Å². The van der Waals surface area contributed by atoms with Gasteiger partial charge in [-0.25, -0.2) is 9.89 Å². The van der Waals surface area contributed by atoms with E-state index in [1.807, 2.05) is 0 Å². The van der Waals surface area contributed by atoms with Gasteiger partial charge in [0, 0.05) is 6.04 Å². The number of benzene rings is 1. The third-order valence-corrected chi connectivity index (χ3v) is 4.73. The van der Waals surface area contributed by atoms with Crippen molar-refractivity contribution in [2.45, 2.75) is 24.0 Å². The van der Waals surface area contributed by atoms with E-state index in [4.69, 9.17) is 23.2 Å². The van der Waals surface area contributed by atoms with Crippen LogP contribution in [-0.2, 0) is 4.79 Å². The maximum atomic E-state index is 12.0. The number of thioether (sulfide) groups is 1. The maximum Gasteiger partial charge on any atom is 0.344 e. The molecule has 1 fully saturated rings. The lowest BCUT2D eigenvalue weighted by molar-refractivity contribution is -0.113. The minimum atomic E-state index is -0.266. The van der Waals surface area contributed by atoms with E-state index in [9.17, 15) is 9.59 Å². The quantitative estimate of drug-likeness (QED) is 0.805. The molecule has 1 heterocycles. The Balaban J connectivity index is 1.65. The third-order valence-electron chi connectivity index (χ3n) is 3.14. The van der Waals surface area contributed by atoms with E-state index in [0.29, 0.717) is 20.9 Å². The first-order valence-corrected chi connectivity index (χ1v) is 8.34. The summed E-state index contributed by atoms with van der Waals surface area (Å²) in [6, 6.07) is 5.20. The van der Waals surface area contributed by atoms with Crippen LogP contribution in [0.2, 0.25) is 10.0 Å². The van der Waals surface area contributed by atoms with Crippen molar-refractivity contribution in [2.75, 3.05) is 11.1 Å². The van der Waals surface area contributed by atoms with Crippen LogP contribution in [-0.4, -0.2) is 26.4 Å². The molecule has 0 spiro atoms. The zero-order valence-corrected chi connectivity index (χ0v) is 13.6. The number of carbonyl (C=O) groups excluding carboxylic acids is 1. The van der Waals surface area contributed by atoms with Gasteiger partial charge in [-0.05, 0) is 25.0 Å². The molecule has 0 unspecified atom stereocenters. The van der Waals surface area contributed by atoms with E-state index in [2.05, 4.69) is 15.5 Å². The van der Waals surface area contributed by atoms with Gasteiger partial charge in [0.1, 0.15) is 0 Å². The van der Waals surface area contributed by atoms with Crippen molar-refractivity contribution < 1.29 is 4.79 Å². The molecule has 2 N–H and O–H groups in total. The molecule has 1 amide bonds. The molecule has 0 radical (unpaired) electrons. The fourth-order valence-corrected chi connectivity index (χ4v) is 3.28. The highest BCUT2D eigenvalue weighted by molar-refractivity contribution is 7.99. The molecule has 1 aromatic heterocycles. The fraction of sp³-hybridized carbons (Fsp3) is 0.308. The second-order valence-electron chi connectivity index (χ2n) is 4.85. The van der Waals surface area contributed by atoms with Gasteiger partial charge in [-0.15, -0.1) is 5.10 Å². The van der Waals surface area contributed by atoms with Gasteiger partial charge in [0.25, 0.3) is 0 Å². The van der Waals surface area contributed by atoms with Gasteiger partial charge in [-0.2, -0.15) is 0 Å². The summed E-state index contributed by atoms with van der Waals surface area (Å²) in [5, 5.41) is 10.3. The molecule has 22 heavy (non-hydrogen) atoms. The summed E-state index contributed by atoms with van der Waals surface area (Å²) >= 11 is 13.2. The molecule has 0 bridgehead atoms. The SMILES string of the molecule is O=C(CSc1n[nH]c(=O)n1C1CC1)Nc1c(Cl)cccc1Cl. The molecule has 1 saturated carbocycles. The van der Waals surface area contributed by atoms with Crippen molar-refractivity contribution in [3.8, 4) is 0 Å². The van der Waals surface area contributed by atoms with Crippen LogP contribution in [0.4, 0.5) is 5.69 Å². The molecule has 0 saturated heterocycles. The zero-order valence-electron chi connectivity index (χ0n) is 11.3. The van der Waals surface area contributed by atoms with Gasteiger partial charge in [-0.3, -0.25) is 9.36 Å². The average Bonchev–Trinajstić information content (AvgIpc) is 3.24. The first-order chi connectivity index (χ1) is 10.6. The topological polar surface area (TPSA) is 79.8 Å².